The summed E-state index contributed by atoms with van der Waals surface area (Å²) in [6.07, 6.45) is 0. The topological polar surface area (TPSA) is 37.4 Å². The van der Waals surface area contributed by atoms with E-state index in [1.165, 1.54) is 10.6 Å². The molecule has 4 nitrogen and oxygen atoms in total. The summed E-state index contributed by atoms with van der Waals surface area (Å²) in [5.74, 6) is 0.490. The number of nitrogens with zero attached hydrogens (tertiary/aromatic N) is 2. The summed E-state index contributed by atoms with van der Waals surface area (Å²) < 4.78 is 5.39. The predicted molar refractivity (Wildman–Crippen MR) is 76.6 cm³/mol. The fraction of sp³-hybridized carbons (Fsp3) is 0.769. The third-order valence-corrected chi connectivity index (χ3v) is 4.21. The van der Waals surface area contributed by atoms with Gasteiger partial charge in [-0.15, -0.1) is 11.3 Å². The van der Waals surface area contributed by atoms with E-state index in [9.17, 15) is 0 Å². The molecule has 18 heavy (non-hydrogen) atoms. The van der Waals surface area contributed by atoms with Crippen molar-refractivity contribution in [3.05, 3.63) is 10.6 Å². The molecule has 0 aromatic carbocycles. The number of nitrogens with one attached hydrogen (secondary N) is 1. The molecule has 2 rings (SSSR count). The Morgan fingerprint density at radius 1 is 1.39 bits per heavy atom. The molecule has 0 saturated carbocycles. The number of morpholine rings is 1. The number of anilines is 1. The Morgan fingerprint density at radius 2 is 2.11 bits per heavy atom. The smallest absolute Gasteiger partial charge is 0.185 e. The normalized spacial score (nSPS) is 16.6. The molecule has 5 heteroatoms. The minimum absolute atomic E-state index is 0.490. The standard InChI is InChI=1S/C13H23N3OS/c1-4-14-9-11-12(10(2)3)15-13(18-11)16-5-7-17-8-6-16/h10,14H,4-9H2,1-3H3. The summed E-state index contributed by atoms with van der Waals surface area (Å²) in [4.78, 5) is 8.56. The summed E-state index contributed by atoms with van der Waals surface area (Å²) in [5.41, 5.74) is 1.25. The van der Waals surface area contributed by atoms with Crippen molar-refractivity contribution in [3.63, 3.8) is 0 Å². The van der Waals surface area contributed by atoms with Crippen LogP contribution in [0.3, 0.4) is 0 Å². The van der Waals surface area contributed by atoms with Crippen LogP contribution in [0.15, 0.2) is 0 Å². The number of hydrogen-bond acceptors (Lipinski definition) is 5. The van der Waals surface area contributed by atoms with Gasteiger partial charge in [-0.05, 0) is 12.5 Å². The Labute approximate surface area is 113 Å². The monoisotopic (exact) mass is 269 g/mol. The minimum Gasteiger partial charge on any atom is -0.378 e. The van der Waals surface area contributed by atoms with E-state index in [2.05, 4.69) is 31.0 Å². The number of thiazole rings is 1. The molecule has 0 unspecified atom stereocenters. The van der Waals surface area contributed by atoms with Gasteiger partial charge >= 0.3 is 0 Å². The summed E-state index contributed by atoms with van der Waals surface area (Å²) in [5, 5.41) is 4.57. The van der Waals surface area contributed by atoms with Gasteiger partial charge in [-0.1, -0.05) is 20.8 Å². The van der Waals surface area contributed by atoms with E-state index in [0.717, 1.165) is 44.5 Å². The Kier molecular flexibility index (Phi) is 4.97. The summed E-state index contributed by atoms with van der Waals surface area (Å²) in [7, 11) is 0. The molecule has 0 radical (unpaired) electrons. The second-order valence-corrected chi connectivity index (χ2v) is 5.90. The molecule has 1 fully saturated rings. The van der Waals surface area contributed by atoms with Crippen molar-refractivity contribution < 1.29 is 4.74 Å². The molecule has 0 amide bonds. The zero-order valence-corrected chi connectivity index (χ0v) is 12.3. The van der Waals surface area contributed by atoms with Crippen LogP contribution in [0, 0.1) is 0 Å². The first kappa shape index (κ1) is 13.8. The van der Waals surface area contributed by atoms with Crippen molar-refractivity contribution in [3.8, 4) is 0 Å². The largest absolute Gasteiger partial charge is 0.378 e. The van der Waals surface area contributed by atoms with E-state index in [1.807, 2.05) is 11.3 Å². The number of hydrogen-bond donors (Lipinski definition) is 1. The molecule has 1 aliphatic rings. The first-order valence-corrected chi connectivity index (χ1v) is 7.57. The van der Waals surface area contributed by atoms with Crippen LogP contribution < -0.4 is 10.2 Å². The fourth-order valence-corrected chi connectivity index (χ4v) is 3.29. The summed E-state index contributed by atoms with van der Waals surface area (Å²) >= 11 is 1.83. The lowest BCUT2D eigenvalue weighted by molar-refractivity contribution is 0.122. The lowest BCUT2D eigenvalue weighted by atomic mass is 10.1. The maximum Gasteiger partial charge on any atom is 0.185 e. The predicted octanol–water partition coefficient (Wildman–Crippen LogP) is 2.21. The summed E-state index contributed by atoms with van der Waals surface area (Å²) in [6, 6.07) is 0. The van der Waals surface area contributed by atoms with Crippen LogP contribution in [0.4, 0.5) is 5.13 Å². The minimum atomic E-state index is 0.490. The highest BCUT2D eigenvalue weighted by Gasteiger charge is 2.19. The van der Waals surface area contributed by atoms with Crippen molar-refractivity contribution in [2.75, 3.05) is 37.7 Å². The molecular formula is C13H23N3OS. The van der Waals surface area contributed by atoms with Crippen LogP contribution in [0.1, 0.15) is 37.3 Å². The van der Waals surface area contributed by atoms with Gasteiger partial charge in [-0.3, -0.25) is 0 Å². The first-order valence-electron chi connectivity index (χ1n) is 6.75. The van der Waals surface area contributed by atoms with Crippen molar-refractivity contribution >= 4 is 16.5 Å². The number of aromatic nitrogens is 1. The highest BCUT2D eigenvalue weighted by atomic mass is 32.1. The average Bonchev–Trinajstić information content (AvgIpc) is 2.81. The van der Waals surface area contributed by atoms with Gasteiger partial charge in [0, 0.05) is 24.5 Å². The van der Waals surface area contributed by atoms with Crippen molar-refractivity contribution in [2.24, 2.45) is 0 Å². The molecular weight excluding hydrogens is 246 g/mol. The van der Waals surface area contributed by atoms with Crippen molar-refractivity contribution in [2.45, 2.75) is 33.2 Å². The zero-order valence-electron chi connectivity index (χ0n) is 11.5. The van der Waals surface area contributed by atoms with Crippen LogP contribution in [-0.4, -0.2) is 37.8 Å². The molecule has 1 aromatic heterocycles. The molecule has 0 spiro atoms. The second kappa shape index (κ2) is 6.50. The van der Waals surface area contributed by atoms with E-state index in [-0.39, 0.29) is 0 Å². The first-order chi connectivity index (χ1) is 8.72. The van der Waals surface area contributed by atoms with Crippen LogP contribution in [0.2, 0.25) is 0 Å². The SMILES string of the molecule is CCNCc1sc(N2CCOCC2)nc1C(C)C. The average molecular weight is 269 g/mol. The van der Waals surface area contributed by atoms with Gasteiger partial charge in [-0.25, -0.2) is 4.98 Å². The van der Waals surface area contributed by atoms with Crippen molar-refractivity contribution in [1.29, 1.82) is 0 Å². The molecule has 0 bridgehead atoms. The molecule has 0 aliphatic carbocycles. The molecule has 2 heterocycles. The molecule has 1 aromatic rings. The second-order valence-electron chi connectivity index (χ2n) is 4.84. The van der Waals surface area contributed by atoms with Gasteiger partial charge in [-0.2, -0.15) is 0 Å². The highest BCUT2D eigenvalue weighted by molar-refractivity contribution is 7.15. The van der Waals surface area contributed by atoms with Crippen LogP contribution in [0.25, 0.3) is 0 Å². The maximum atomic E-state index is 5.39. The molecule has 1 N–H and O–H groups in total. The van der Waals surface area contributed by atoms with Gasteiger partial charge in [0.2, 0.25) is 0 Å². The third kappa shape index (κ3) is 3.22. The zero-order chi connectivity index (χ0) is 13.0. The van der Waals surface area contributed by atoms with Gasteiger partial charge in [0.05, 0.1) is 18.9 Å². The molecule has 1 aliphatic heterocycles. The molecule has 102 valence electrons. The van der Waals surface area contributed by atoms with E-state index < -0.39 is 0 Å². The van der Waals surface area contributed by atoms with E-state index in [1.54, 1.807) is 0 Å². The van der Waals surface area contributed by atoms with Crippen LogP contribution >= 0.6 is 11.3 Å². The molecule has 0 atom stereocenters. The van der Waals surface area contributed by atoms with Gasteiger partial charge in [0.15, 0.2) is 5.13 Å². The molecule has 1 saturated heterocycles. The number of rotatable bonds is 5. The maximum absolute atomic E-state index is 5.39. The quantitative estimate of drug-likeness (QED) is 0.889. The van der Waals surface area contributed by atoms with E-state index in [4.69, 9.17) is 9.72 Å². The highest BCUT2D eigenvalue weighted by Crippen LogP contribution is 2.31. The van der Waals surface area contributed by atoms with Crippen LogP contribution in [-0.2, 0) is 11.3 Å². The number of ether oxygens (including phenoxy) is 1. The lowest BCUT2D eigenvalue weighted by Crippen LogP contribution is -2.36. The van der Waals surface area contributed by atoms with Gasteiger partial charge in [0.1, 0.15) is 0 Å². The Bertz CT molecular complexity index is 372. The van der Waals surface area contributed by atoms with Gasteiger partial charge in [0.25, 0.3) is 0 Å². The van der Waals surface area contributed by atoms with Crippen LogP contribution in [0.5, 0.6) is 0 Å². The Balaban J connectivity index is 2.15. The Morgan fingerprint density at radius 3 is 2.72 bits per heavy atom. The fourth-order valence-electron chi connectivity index (χ4n) is 2.06. The lowest BCUT2D eigenvalue weighted by Gasteiger charge is -2.26. The van der Waals surface area contributed by atoms with E-state index in [0.29, 0.717) is 5.92 Å². The van der Waals surface area contributed by atoms with Gasteiger partial charge < -0.3 is 15.0 Å². The summed E-state index contributed by atoms with van der Waals surface area (Å²) in [6.45, 7) is 12.1. The van der Waals surface area contributed by atoms with E-state index >= 15 is 0 Å². The third-order valence-electron chi connectivity index (χ3n) is 3.08. The Hall–Kier alpha value is -0.650. The van der Waals surface area contributed by atoms with Crippen molar-refractivity contribution in [1.82, 2.24) is 10.3 Å².